The first-order valence-electron chi connectivity index (χ1n) is 5.95. The van der Waals surface area contributed by atoms with E-state index in [0.29, 0.717) is 12.6 Å². The van der Waals surface area contributed by atoms with E-state index in [1.54, 1.807) is 0 Å². The van der Waals surface area contributed by atoms with Gasteiger partial charge in [0.2, 0.25) is 0 Å². The standard InChI is InChI=1S/C12H21NO/c14-10-9-13(12-7-4-8-12)11-5-2-1-3-6-11/h2,5,11-12,14H,1,3-4,6-10H2. The van der Waals surface area contributed by atoms with Gasteiger partial charge in [-0.3, -0.25) is 4.90 Å². The van der Waals surface area contributed by atoms with Crippen LogP contribution in [0.2, 0.25) is 0 Å². The van der Waals surface area contributed by atoms with E-state index in [1.807, 2.05) is 0 Å². The van der Waals surface area contributed by atoms with Crippen molar-refractivity contribution in [3.05, 3.63) is 12.2 Å². The van der Waals surface area contributed by atoms with Crippen molar-refractivity contribution in [2.24, 2.45) is 0 Å². The van der Waals surface area contributed by atoms with Crippen molar-refractivity contribution in [1.29, 1.82) is 0 Å². The number of allylic oxidation sites excluding steroid dienone is 1. The molecule has 0 saturated heterocycles. The van der Waals surface area contributed by atoms with E-state index in [1.165, 1.54) is 38.5 Å². The van der Waals surface area contributed by atoms with Crippen LogP contribution < -0.4 is 0 Å². The highest BCUT2D eigenvalue weighted by atomic mass is 16.3. The summed E-state index contributed by atoms with van der Waals surface area (Å²) in [6.45, 7) is 1.17. The molecule has 80 valence electrons. The SMILES string of the molecule is OCCN(C1C=CCCC1)C1CCC1. The average molecular weight is 195 g/mol. The van der Waals surface area contributed by atoms with Crippen LogP contribution in [-0.2, 0) is 0 Å². The summed E-state index contributed by atoms with van der Waals surface area (Å²) < 4.78 is 0. The third kappa shape index (κ3) is 2.18. The van der Waals surface area contributed by atoms with Gasteiger partial charge in [-0.15, -0.1) is 0 Å². The second kappa shape index (κ2) is 4.94. The predicted octanol–water partition coefficient (Wildman–Crippen LogP) is 1.94. The van der Waals surface area contributed by atoms with E-state index in [0.717, 1.165) is 12.6 Å². The fourth-order valence-corrected chi connectivity index (χ4v) is 2.52. The molecule has 0 heterocycles. The fraction of sp³-hybridized carbons (Fsp3) is 0.833. The molecule has 2 nitrogen and oxygen atoms in total. The van der Waals surface area contributed by atoms with Crippen molar-refractivity contribution < 1.29 is 5.11 Å². The minimum Gasteiger partial charge on any atom is -0.395 e. The Morgan fingerprint density at radius 3 is 2.57 bits per heavy atom. The molecule has 1 fully saturated rings. The Hall–Kier alpha value is -0.340. The zero-order chi connectivity index (χ0) is 9.80. The molecule has 2 aliphatic rings. The topological polar surface area (TPSA) is 23.5 Å². The van der Waals surface area contributed by atoms with Crippen LogP contribution in [0.3, 0.4) is 0 Å². The van der Waals surface area contributed by atoms with Crippen LogP contribution in [0.4, 0.5) is 0 Å². The van der Waals surface area contributed by atoms with E-state index < -0.39 is 0 Å². The zero-order valence-electron chi connectivity index (χ0n) is 8.86. The molecule has 0 spiro atoms. The first-order valence-corrected chi connectivity index (χ1v) is 5.95. The van der Waals surface area contributed by atoms with Gasteiger partial charge in [-0.05, 0) is 32.1 Å². The second-order valence-corrected chi connectivity index (χ2v) is 4.47. The molecule has 2 rings (SSSR count). The normalized spacial score (nSPS) is 28.0. The van der Waals surface area contributed by atoms with Gasteiger partial charge in [-0.1, -0.05) is 18.6 Å². The fourth-order valence-electron chi connectivity index (χ4n) is 2.52. The minimum absolute atomic E-state index is 0.306. The maximum atomic E-state index is 9.07. The highest BCUT2D eigenvalue weighted by molar-refractivity contribution is 5.01. The van der Waals surface area contributed by atoms with Gasteiger partial charge in [-0.25, -0.2) is 0 Å². The Morgan fingerprint density at radius 1 is 1.21 bits per heavy atom. The Bertz CT molecular complexity index is 198. The molecule has 1 atom stereocenters. The van der Waals surface area contributed by atoms with Gasteiger partial charge in [-0.2, -0.15) is 0 Å². The maximum absolute atomic E-state index is 9.07. The molecule has 0 aliphatic heterocycles. The Kier molecular flexibility index (Phi) is 3.60. The van der Waals surface area contributed by atoms with Gasteiger partial charge >= 0.3 is 0 Å². The van der Waals surface area contributed by atoms with Crippen molar-refractivity contribution in [3.63, 3.8) is 0 Å². The number of nitrogens with zero attached hydrogens (tertiary/aromatic N) is 1. The van der Waals surface area contributed by atoms with Crippen molar-refractivity contribution in [2.75, 3.05) is 13.2 Å². The largest absolute Gasteiger partial charge is 0.395 e. The number of aliphatic hydroxyl groups is 1. The quantitative estimate of drug-likeness (QED) is 0.693. The van der Waals surface area contributed by atoms with Gasteiger partial charge in [0.05, 0.1) is 6.61 Å². The van der Waals surface area contributed by atoms with Crippen LogP contribution in [0.1, 0.15) is 38.5 Å². The Labute approximate surface area is 86.6 Å². The Morgan fingerprint density at radius 2 is 2.07 bits per heavy atom. The predicted molar refractivity (Wildman–Crippen MR) is 58.2 cm³/mol. The highest BCUT2D eigenvalue weighted by Crippen LogP contribution is 2.29. The Balaban J connectivity index is 1.93. The molecule has 2 heteroatoms. The van der Waals surface area contributed by atoms with Crippen LogP contribution in [0.5, 0.6) is 0 Å². The lowest BCUT2D eigenvalue weighted by molar-refractivity contribution is 0.0716. The smallest absolute Gasteiger partial charge is 0.0558 e. The minimum atomic E-state index is 0.306. The van der Waals surface area contributed by atoms with E-state index >= 15 is 0 Å². The molecular formula is C12H21NO. The van der Waals surface area contributed by atoms with E-state index in [-0.39, 0.29) is 0 Å². The molecule has 1 N–H and O–H groups in total. The molecule has 1 saturated carbocycles. The van der Waals surface area contributed by atoms with Crippen molar-refractivity contribution in [2.45, 2.75) is 50.6 Å². The molecule has 14 heavy (non-hydrogen) atoms. The molecule has 0 bridgehead atoms. The number of hydrogen-bond acceptors (Lipinski definition) is 2. The summed E-state index contributed by atoms with van der Waals surface area (Å²) in [5, 5.41) is 9.07. The monoisotopic (exact) mass is 195 g/mol. The molecule has 0 aromatic rings. The molecule has 0 amide bonds. The van der Waals surface area contributed by atoms with Crippen LogP contribution in [0, 0.1) is 0 Å². The maximum Gasteiger partial charge on any atom is 0.0558 e. The highest BCUT2D eigenvalue weighted by Gasteiger charge is 2.29. The van der Waals surface area contributed by atoms with Gasteiger partial charge in [0, 0.05) is 18.6 Å². The summed E-state index contributed by atoms with van der Waals surface area (Å²) in [6, 6.07) is 1.37. The van der Waals surface area contributed by atoms with Crippen LogP contribution in [-0.4, -0.2) is 35.2 Å². The molecule has 1 unspecified atom stereocenters. The van der Waals surface area contributed by atoms with Gasteiger partial charge in [0.15, 0.2) is 0 Å². The molecule has 0 aromatic carbocycles. The lowest BCUT2D eigenvalue weighted by Crippen LogP contribution is -2.47. The average Bonchev–Trinajstić information content (AvgIpc) is 2.16. The first-order chi connectivity index (χ1) is 6.92. The molecule has 2 aliphatic carbocycles. The number of aliphatic hydroxyl groups excluding tert-OH is 1. The lowest BCUT2D eigenvalue weighted by atomic mass is 9.88. The van der Waals surface area contributed by atoms with Crippen LogP contribution in [0.15, 0.2) is 12.2 Å². The number of hydrogen-bond donors (Lipinski definition) is 1. The zero-order valence-corrected chi connectivity index (χ0v) is 8.86. The van der Waals surface area contributed by atoms with Gasteiger partial charge in [0.1, 0.15) is 0 Å². The third-order valence-electron chi connectivity index (χ3n) is 3.56. The summed E-state index contributed by atoms with van der Waals surface area (Å²) in [5.41, 5.74) is 0. The van der Waals surface area contributed by atoms with Crippen LogP contribution >= 0.6 is 0 Å². The van der Waals surface area contributed by atoms with Crippen molar-refractivity contribution in [3.8, 4) is 0 Å². The molecule has 0 aromatic heterocycles. The summed E-state index contributed by atoms with van der Waals surface area (Å²) >= 11 is 0. The summed E-state index contributed by atoms with van der Waals surface area (Å²) in [7, 11) is 0. The summed E-state index contributed by atoms with van der Waals surface area (Å²) in [4.78, 5) is 2.51. The summed E-state index contributed by atoms with van der Waals surface area (Å²) in [5.74, 6) is 0. The van der Waals surface area contributed by atoms with E-state index in [4.69, 9.17) is 5.11 Å². The van der Waals surface area contributed by atoms with Crippen LogP contribution in [0.25, 0.3) is 0 Å². The van der Waals surface area contributed by atoms with Gasteiger partial charge < -0.3 is 5.11 Å². The third-order valence-corrected chi connectivity index (χ3v) is 3.56. The molecule has 0 radical (unpaired) electrons. The number of rotatable bonds is 4. The van der Waals surface area contributed by atoms with Gasteiger partial charge in [0.25, 0.3) is 0 Å². The van der Waals surface area contributed by atoms with Crippen molar-refractivity contribution in [1.82, 2.24) is 4.90 Å². The second-order valence-electron chi connectivity index (χ2n) is 4.47. The van der Waals surface area contributed by atoms with Crippen molar-refractivity contribution >= 4 is 0 Å². The molecular weight excluding hydrogens is 174 g/mol. The lowest BCUT2D eigenvalue weighted by Gasteiger charge is -2.42. The summed E-state index contributed by atoms with van der Waals surface area (Å²) in [6.07, 6.45) is 12.5. The van der Waals surface area contributed by atoms with E-state index in [9.17, 15) is 0 Å². The van der Waals surface area contributed by atoms with E-state index in [2.05, 4.69) is 17.1 Å². The first kappa shape index (κ1) is 10.2.